The third-order valence-corrected chi connectivity index (χ3v) is 4.01. The molecule has 20 heavy (non-hydrogen) atoms. The molecule has 1 heterocycles. The average molecular weight is 355 g/mol. The number of hydrogen-bond acceptors (Lipinski definition) is 3. The molecule has 2 aromatic rings. The summed E-state index contributed by atoms with van der Waals surface area (Å²) in [7, 11) is 0. The number of rotatable bonds is 4. The average Bonchev–Trinajstić information content (AvgIpc) is 2.41. The Morgan fingerprint density at radius 3 is 2.65 bits per heavy atom. The quantitative estimate of drug-likeness (QED) is 0.852. The maximum atomic E-state index is 6.07. The summed E-state index contributed by atoms with van der Waals surface area (Å²) in [4.78, 5) is 9.27. The fourth-order valence-corrected chi connectivity index (χ4v) is 2.72. The Kier molecular flexibility index (Phi) is 5.00. The van der Waals surface area contributed by atoms with Crippen LogP contribution >= 0.6 is 27.5 Å². The van der Waals surface area contributed by atoms with Crippen molar-refractivity contribution in [2.24, 2.45) is 0 Å². The number of benzene rings is 1. The van der Waals surface area contributed by atoms with Crippen molar-refractivity contribution in [2.75, 3.05) is 11.9 Å². The van der Waals surface area contributed by atoms with Crippen molar-refractivity contribution in [3.8, 4) is 11.4 Å². The van der Waals surface area contributed by atoms with Gasteiger partial charge in [0.15, 0.2) is 5.82 Å². The number of nitrogens with zero attached hydrogens (tertiary/aromatic N) is 2. The zero-order valence-electron chi connectivity index (χ0n) is 11.8. The van der Waals surface area contributed by atoms with Gasteiger partial charge in [-0.05, 0) is 38.5 Å². The molecule has 1 N–H and O–H groups in total. The highest BCUT2D eigenvalue weighted by atomic mass is 79.9. The summed E-state index contributed by atoms with van der Waals surface area (Å²) >= 11 is 9.61. The predicted octanol–water partition coefficient (Wildman–Crippen LogP) is 4.86. The zero-order valence-corrected chi connectivity index (χ0v) is 14.1. The van der Waals surface area contributed by atoms with Crippen LogP contribution in [0.25, 0.3) is 11.4 Å². The van der Waals surface area contributed by atoms with E-state index in [1.165, 1.54) is 0 Å². The lowest BCUT2D eigenvalue weighted by molar-refractivity contribution is 0.989. The predicted molar refractivity (Wildman–Crippen MR) is 88.5 cm³/mol. The van der Waals surface area contributed by atoms with Crippen LogP contribution in [0.3, 0.4) is 0 Å². The Morgan fingerprint density at radius 2 is 2.00 bits per heavy atom. The molecule has 0 aliphatic rings. The van der Waals surface area contributed by atoms with E-state index < -0.39 is 0 Å². The van der Waals surface area contributed by atoms with Crippen molar-refractivity contribution in [3.05, 3.63) is 39.0 Å². The molecule has 3 nitrogen and oxygen atoms in total. The Balaban J connectivity index is 2.60. The van der Waals surface area contributed by atoms with Gasteiger partial charge in [-0.2, -0.15) is 0 Å². The van der Waals surface area contributed by atoms with Gasteiger partial charge in [-0.15, -0.1) is 0 Å². The van der Waals surface area contributed by atoms with Gasteiger partial charge in [0.05, 0.1) is 0 Å². The third-order valence-electron chi connectivity index (χ3n) is 3.08. The van der Waals surface area contributed by atoms with Gasteiger partial charge in [-0.3, -0.25) is 0 Å². The van der Waals surface area contributed by atoms with Crippen LogP contribution in [0.1, 0.15) is 25.1 Å². The van der Waals surface area contributed by atoms with Crippen molar-refractivity contribution < 1.29 is 0 Å². The standard InChI is InChI=1S/C15H17BrClN3/c1-4-11-9(3)19-15(20-14(11)18-5-2)12-8-10(17)6-7-13(12)16/h6-8H,4-5H2,1-3H3,(H,18,19,20). The molecule has 0 aliphatic heterocycles. The summed E-state index contributed by atoms with van der Waals surface area (Å²) < 4.78 is 0.938. The zero-order chi connectivity index (χ0) is 14.7. The van der Waals surface area contributed by atoms with Crippen LogP contribution in [0, 0.1) is 6.92 Å². The summed E-state index contributed by atoms with van der Waals surface area (Å²) in [5.74, 6) is 1.59. The molecule has 0 bridgehead atoms. The van der Waals surface area contributed by atoms with E-state index in [4.69, 9.17) is 11.6 Å². The summed E-state index contributed by atoms with van der Waals surface area (Å²) in [5.41, 5.74) is 3.07. The van der Waals surface area contributed by atoms with E-state index in [0.717, 1.165) is 40.1 Å². The minimum absolute atomic E-state index is 0.675. The molecule has 0 unspecified atom stereocenters. The Labute approximate surface area is 132 Å². The summed E-state index contributed by atoms with van der Waals surface area (Å²) in [6.07, 6.45) is 0.908. The van der Waals surface area contributed by atoms with Gasteiger partial charge in [0.2, 0.25) is 0 Å². The number of anilines is 1. The second-order valence-electron chi connectivity index (χ2n) is 4.47. The SMILES string of the molecule is CCNc1nc(-c2cc(Cl)ccc2Br)nc(C)c1CC. The molecule has 0 radical (unpaired) electrons. The molecule has 106 valence electrons. The van der Waals surface area contributed by atoms with Crippen molar-refractivity contribution in [3.63, 3.8) is 0 Å². The Morgan fingerprint density at radius 1 is 1.25 bits per heavy atom. The van der Waals surface area contributed by atoms with Crippen LogP contribution in [-0.4, -0.2) is 16.5 Å². The first-order valence-electron chi connectivity index (χ1n) is 6.63. The topological polar surface area (TPSA) is 37.8 Å². The van der Waals surface area contributed by atoms with E-state index in [1.807, 2.05) is 25.1 Å². The molecule has 0 spiro atoms. The van der Waals surface area contributed by atoms with E-state index >= 15 is 0 Å². The molecule has 1 aromatic heterocycles. The number of aromatic nitrogens is 2. The number of halogens is 2. The lowest BCUT2D eigenvalue weighted by atomic mass is 10.1. The summed E-state index contributed by atoms with van der Waals surface area (Å²) in [5, 5.41) is 3.99. The van der Waals surface area contributed by atoms with E-state index in [0.29, 0.717) is 10.8 Å². The van der Waals surface area contributed by atoms with Crippen LogP contribution in [0.2, 0.25) is 5.02 Å². The van der Waals surface area contributed by atoms with Crippen LogP contribution < -0.4 is 5.32 Å². The van der Waals surface area contributed by atoms with Gasteiger partial charge in [0, 0.05) is 32.9 Å². The lowest BCUT2D eigenvalue weighted by Gasteiger charge is -2.13. The Bertz CT molecular complexity index is 629. The van der Waals surface area contributed by atoms with E-state index in [1.54, 1.807) is 0 Å². The van der Waals surface area contributed by atoms with Crippen LogP contribution in [0.4, 0.5) is 5.82 Å². The second-order valence-corrected chi connectivity index (χ2v) is 5.76. The molecule has 0 fully saturated rings. The molecular formula is C15H17BrClN3. The van der Waals surface area contributed by atoms with Gasteiger partial charge < -0.3 is 5.32 Å². The molecule has 2 rings (SSSR count). The minimum atomic E-state index is 0.675. The van der Waals surface area contributed by atoms with Gasteiger partial charge >= 0.3 is 0 Å². The minimum Gasteiger partial charge on any atom is -0.370 e. The van der Waals surface area contributed by atoms with Gasteiger partial charge in [0.1, 0.15) is 5.82 Å². The monoisotopic (exact) mass is 353 g/mol. The van der Waals surface area contributed by atoms with Crippen LogP contribution in [0.15, 0.2) is 22.7 Å². The second kappa shape index (κ2) is 6.55. The Hall–Kier alpha value is -1.13. The first-order chi connectivity index (χ1) is 9.56. The maximum Gasteiger partial charge on any atom is 0.162 e. The van der Waals surface area contributed by atoms with E-state index in [-0.39, 0.29) is 0 Å². The normalized spacial score (nSPS) is 10.7. The van der Waals surface area contributed by atoms with Gasteiger partial charge in [-0.25, -0.2) is 9.97 Å². The van der Waals surface area contributed by atoms with Crippen LogP contribution in [0.5, 0.6) is 0 Å². The number of nitrogens with one attached hydrogen (secondary N) is 1. The highest BCUT2D eigenvalue weighted by molar-refractivity contribution is 9.10. The first-order valence-corrected chi connectivity index (χ1v) is 7.80. The molecule has 0 amide bonds. The van der Waals surface area contributed by atoms with E-state index in [9.17, 15) is 0 Å². The third kappa shape index (κ3) is 3.13. The summed E-state index contributed by atoms with van der Waals surface area (Å²) in [6, 6.07) is 5.63. The van der Waals surface area contributed by atoms with Crippen molar-refractivity contribution in [2.45, 2.75) is 27.2 Å². The molecule has 0 saturated carbocycles. The molecule has 1 aromatic carbocycles. The fraction of sp³-hybridized carbons (Fsp3) is 0.333. The number of hydrogen-bond donors (Lipinski definition) is 1. The fourth-order valence-electron chi connectivity index (χ4n) is 2.12. The van der Waals surface area contributed by atoms with Gasteiger partial charge in [-0.1, -0.05) is 34.5 Å². The maximum absolute atomic E-state index is 6.07. The largest absolute Gasteiger partial charge is 0.370 e. The molecule has 0 atom stereocenters. The van der Waals surface area contributed by atoms with Crippen molar-refractivity contribution in [1.82, 2.24) is 9.97 Å². The van der Waals surface area contributed by atoms with Gasteiger partial charge in [0.25, 0.3) is 0 Å². The first kappa shape index (κ1) is 15.3. The number of aryl methyl sites for hydroxylation is 1. The van der Waals surface area contributed by atoms with Crippen LogP contribution in [-0.2, 0) is 6.42 Å². The molecular weight excluding hydrogens is 338 g/mol. The van der Waals surface area contributed by atoms with Crippen molar-refractivity contribution in [1.29, 1.82) is 0 Å². The van der Waals surface area contributed by atoms with E-state index in [2.05, 4.69) is 45.1 Å². The molecule has 0 aliphatic carbocycles. The molecule has 0 saturated heterocycles. The van der Waals surface area contributed by atoms with Crippen molar-refractivity contribution >= 4 is 33.3 Å². The smallest absolute Gasteiger partial charge is 0.162 e. The molecule has 5 heteroatoms. The highest BCUT2D eigenvalue weighted by Gasteiger charge is 2.13. The lowest BCUT2D eigenvalue weighted by Crippen LogP contribution is -2.08. The highest BCUT2D eigenvalue weighted by Crippen LogP contribution is 2.30. The summed E-state index contributed by atoms with van der Waals surface area (Å²) in [6.45, 7) is 7.02.